The number of ether oxygens (including phenoxy) is 4. The van der Waals surface area contributed by atoms with E-state index in [1.54, 1.807) is 14.2 Å². The summed E-state index contributed by atoms with van der Waals surface area (Å²) in [6.45, 7) is 1.56. The number of aliphatic hydroxyl groups is 1. The standard InChI is InChI=1S/C26H27NO5/c1-29-23-12-18-10-11-27(15-21(28)17-6-4-3-5-7-17)26(20(18)14-24(23)30-2)19-8-9-22-25(13-19)32-16-31-22/h3-9,12-14,21,26,28H,10-11,15-16H2,1-2H3/t21-,26-/m0/s1. The zero-order chi connectivity index (χ0) is 22.1. The van der Waals surface area contributed by atoms with Gasteiger partial charge in [-0.1, -0.05) is 36.4 Å². The average molecular weight is 434 g/mol. The SMILES string of the molecule is COc1cc2c(cc1OC)[C@H](c1ccc3c(c1)OCO3)N(C[C@H](O)c1ccccc1)CC2. The van der Waals surface area contributed by atoms with E-state index in [2.05, 4.69) is 23.1 Å². The van der Waals surface area contributed by atoms with Crippen molar-refractivity contribution in [3.05, 3.63) is 82.9 Å². The zero-order valence-electron chi connectivity index (χ0n) is 18.3. The van der Waals surface area contributed by atoms with Gasteiger partial charge in [-0.15, -0.1) is 0 Å². The Morgan fingerprint density at radius 1 is 0.969 bits per heavy atom. The van der Waals surface area contributed by atoms with Crippen LogP contribution in [0.3, 0.4) is 0 Å². The molecule has 2 heterocycles. The molecule has 0 fully saturated rings. The Balaban J connectivity index is 1.56. The molecule has 3 aromatic carbocycles. The third-order valence-electron chi connectivity index (χ3n) is 6.28. The third kappa shape index (κ3) is 3.76. The molecule has 2 aliphatic rings. The van der Waals surface area contributed by atoms with Crippen molar-refractivity contribution in [1.82, 2.24) is 4.90 Å². The van der Waals surface area contributed by atoms with Crippen LogP contribution in [0.4, 0.5) is 0 Å². The van der Waals surface area contributed by atoms with Crippen molar-refractivity contribution < 1.29 is 24.1 Å². The van der Waals surface area contributed by atoms with E-state index in [1.807, 2.05) is 42.5 Å². The van der Waals surface area contributed by atoms with Crippen molar-refractivity contribution in [1.29, 1.82) is 0 Å². The van der Waals surface area contributed by atoms with E-state index in [4.69, 9.17) is 18.9 Å². The Hall–Kier alpha value is -3.22. The van der Waals surface area contributed by atoms with Crippen LogP contribution in [0.15, 0.2) is 60.7 Å². The molecule has 0 aliphatic carbocycles. The van der Waals surface area contributed by atoms with Gasteiger partial charge in [0.05, 0.1) is 26.4 Å². The lowest BCUT2D eigenvalue weighted by Gasteiger charge is -2.39. The first-order valence-electron chi connectivity index (χ1n) is 10.8. The minimum absolute atomic E-state index is 0.0635. The molecule has 0 radical (unpaired) electrons. The topological polar surface area (TPSA) is 60.4 Å². The summed E-state index contributed by atoms with van der Waals surface area (Å²) >= 11 is 0. The lowest BCUT2D eigenvalue weighted by Crippen LogP contribution is -2.38. The van der Waals surface area contributed by atoms with Crippen molar-refractivity contribution in [3.63, 3.8) is 0 Å². The van der Waals surface area contributed by atoms with E-state index in [-0.39, 0.29) is 12.8 Å². The second-order valence-electron chi connectivity index (χ2n) is 8.09. The number of benzene rings is 3. The van der Waals surface area contributed by atoms with Crippen LogP contribution in [0.5, 0.6) is 23.0 Å². The molecule has 0 saturated heterocycles. The van der Waals surface area contributed by atoms with E-state index in [1.165, 1.54) is 5.56 Å². The van der Waals surface area contributed by atoms with Gasteiger partial charge in [0.2, 0.25) is 6.79 Å². The average Bonchev–Trinajstić information content (AvgIpc) is 3.31. The van der Waals surface area contributed by atoms with E-state index < -0.39 is 6.10 Å². The number of methoxy groups -OCH3 is 2. The van der Waals surface area contributed by atoms with Crippen LogP contribution < -0.4 is 18.9 Å². The molecule has 6 heteroatoms. The smallest absolute Gasteiger partial charge is 0.231 e. The molecule has 2 atom stereocenters. The Bertz CT molecular complexity index is 1100. The number of aliphatic hydroxyl groups excluding tert-OH is 1. The second kappa shape index (κ2) is 8.73. The van der Waals surface area contributed by atoms with Crippen LogP contribution in [0.2, 0.25) is 0 Å². The van der Waals surface area contributed by atoms with Gasteiger partial charge in [0.15, 0.2) is 23.0 Å². The molecular weight excluding hydrogens is 406 g/mol. The first kappa shape index (κ1) is 20.7. The first-order chi connectivity index (χ1) is 15.7. The highest BCUT2D eigenvalue weighted by Crippen LogP contribution is 2.44. The monoisotopic (exact) mass is 433 g/mol. The van der Waals surface area contributed by atoms with Crippen molar-refractivity contribution in [2.45, 2.75) is 18.6 Å². The van der Waals surface area contributed by atoms with E-state index in [0.29, 0.717) is 12.3 Å². The van der Waals surface area contributed by atoms with Gasteiger partial charge in [-0.3, -0.25) is 4.90 Å². The van der Waals surface area contributed by atoms with E-state index in [0.717, 1.165) is 46.9 Å². The van der Waals surface area contributed by atoms with Crippen LogP contribution in [-0.4, -0.2) is 44.1 Å². The van der Waals surface area contributed by atoms with Gasteiger partial charge in [-0.2, -0.15) is 0 Å². The molecule has 1 N–H and O–H groups in total. The lowest BCUT2D eigenvalue weighted by molar-refractivity contribution is 0.0920. The quantitative estimate of drug-likeness (QED) is 0.631. The Labute approximate surface area is 187 Å². The predicted molar refractivity (Wildman–Crippen MR) is 121 cm³/mol. The predicted octanol–water partition coefficient (Wildman–Crippen LogP) is 4.11. The highest BCUT2D eigenvalue weighted by molar-refractivity contribution is 5.53. The molecule has 0 amide bonds. The molecule has 0 spiro atoms. The maximum absolute atomic E-state index is 11.0. The summed E-state index contributed by atoms with van der Waals surface area (Å²) in [5.41, 5.74) is 4.36. The Morgan fingerprint density at radius 3 is 2.50 bits per heavy atom. The van der Waals surface area contributed by atoms with Crippen LogP contribution in [-0.2, 0) is 6.42 Å². The molecule has 6 nitrogen and oxygen atoms in total. The van der Waals surface area contributed by atoms with Crippen LogP contribution in [0.1, 0.15) is 34.4 Å². The highest BCUT2D eigenvalue weighted by Gasteiger charge is 2.32. The molecule has 166 valence electrons. The molecule has 3 aromatic rings. The van der Waals surface area contributed by atoms with Crippen molar-refractivity contribution in [3.8, 4) is 23.0 Å². The maximum atomic E-state index is 11.0. The summed E-state index contributed by atoms with van der Waals surface area (Å²) in [6, 6.07) is 19.9. The highest BCUT2D eigenvalue weighted by atomic mass is 16.7. The normalized spacial score (nSPS) is 18.2. The molecule has 0 unspecified atom stereocenters. The number of nitrogens with zero attached hydrogens (tertiary/aromatic N) is 1. The van der Waals surface area contributed by atoms with Crippen molar-refractivity contribution >= 4 is 0 Å². The summed E-state index contributed by atoms with van der Waals surface area (Å²) in [4.78, 5) is 2.32. The minimum atomic E-state index is -0.589. The summed E-state index contributed by atoms with van der Waals surface area (Å²) in [6.07, 6.45) is 0.271. The second-order valence-corrected chi connectivity index (χ2v) is 8.09. The molecule has 32 heavy (non-hydrogen) atoms. The molecule has 2 aliphatic heterocycles. The Morgan fingerprint density at radius 2 is 1.72 bits per heavy atom. The van der Waals surface area contributed by atoms with E-state index in [9.17, 15) is 5.11 Å². The fourth-order valence-corrected chi connectivity index (χ4v) is 4.67. The van der Waals surface area contributed by atoms with Crippen molar-refractivity contribution in [2.75, 3.05) is 34.1 Å². The van der Waals surface area contributed by atoms with Gasteiger partial charge in [0.1, 0.15) is 0 Å². The number of hydrogen-bond acceptors (Lipinski definition) is 6. The van der Waals surface area contributed by atoms with Gasteiger partial charge >= 0.3 is 0 Å². The van der Waals surface area contributed by atoms with Gasteiger partial charge in [0, 0.05) is 13.1 Å². The summed E-state index contributed by atoms with van der Waals surface area (Å²) in [5.74, 6) is 2.93. The third-order valence-corrected chi connectivity index (χ3v) is 6.28. The fourth-order valence-electron chi connectivity index (χ4n) is 4.67. The van der Waals surface area contributed by atoms with Crippen molar-refractivity contribution in [2.24, 2.45) is 0 Å². The number of fused-ring (bicyclic) bond motifs is 2. The lowest BCUT2D eigenvalue weighted by atomic mass is 9.87. The van der Waals surface area contributed by atoms with Gasteiger partial charge < -0.3 is 24.1 Å². The maximum Gasteiger partial charge on any atom is 0.231 e. The van der Waals surface area contributed by atoms with Gasteiger partial charge in [-0.25, -0.2) is 0 Å². The molecule has 5 rings (SSSR count). The minimum Gasteiger partial charge on any atom is -0.493 e. The molecule has 0 bridgehead atoms. The Kier molecular flexibility index (Phi) is 5.64. The fraction of sp³-hybridized carbons (Fsp3) is 0.308. The summed E-state index contributed by atoms with van der Waals surface area (Å²) in [5, 5.41) is 11.0. The number of β-amino-alcohol motifs (C(OH)–C–C–N with tert-alkyl or cyclic N) is 1. The summed E-state index contributed by atoms with van der Waals surface area (Å²) in [7, 11) is 3.31. The van der Waals surface area contributed by atoms with Gasteiger partial charge in [-0.05, 0) is 52.9 Å². The van der Waals surface area contributed by atoms with Crippen LogP contribution in [0, 0.1) is 0 Å². The number of rotatable bonds is 6. The zero-order valence-corrected chi connectivity index (χ0v) is 18.3. The largest absolute Gasteiger partial charge is 0.493 e. The molecule has 0 saturated carbocycles. The molecule has 0 aromatic heterocycles. The molecular formula is C26H27NO5. The van der Waals surface area contributed by atoms with Crippen LogP contribution >= 0.6 is 0 Å². The van der Waals surface area contributed by atoms with E-state index >= 15 is 0 Å². The number of hydrogen-bond donors (Lipinski definition) is 1. The van der Waals surface area contributed by atoms with Gasteiger partial charge in [0.25, 0.3) is 0 Å². The summed E-state index contributed by atoms with van der Waals surface area (Å²) < 4.78 is 22.3. The first-order valence-corrected chi connectivity index (χ1v) is 10.8. The van der Waals surface area contributed by atoms with Crippen LogP contribution in [0.25, 0.3) is 0 Å².